The third kappa shape index (κ3) is 5.46. The second-order valence-corrected chi connectivity index (χ2v) is 10.4. The first-order valence-corrected chi connectivity index (χ1v) is 12.9. The van der Waals surface area contributed by atoms with Crippen molar-refractivity contribution in [3.8, 4) is 0 Å². The SMILES string of the molecule is O=C1C[C@H](O)C[C@@H](/C=C/c2cnc3c(F)c(Sc4ccccc4)c(F)cc3c2Sc2ccccc2)O1. The zero-order valence-electron chi connectivity index (χ0n) is 18.9. The molecule has 4 aromatic rings. The molecule has 0 unspecified atom stereocenters. The Morgan fingerprint density at radius 3 is 2.25 bits per heavy atom. The Kier molecular flexibility index (Phi) is 7.36. The quantitative estimate of drug-likeness (QED) is 0.279. The molecule has 0 aliphatic carbocycles. The van der Waals surface area contributed by atoms with E-state index in [1.165, 1.54) is 24.0 Å². The number of hydrogen-bond acceptors (Lipinski definition) is 6. The molecule has 5 rings (SSSR count). The van der Waals surface area contributed by atoms with E-state index in [0.29, 0.717) is 15.8 Å². The third-order valence-corrected chi connectivity index (χ3v) is 7.85. The lowest BCUT2D eigenvalue weighted by molar-refractivity contribution is -0.156. The molecule has 8 heteroatoms. The van der Waals surface area contributed by atoms with Crippen LogP contribution >= 0.6 is 23.5 Å². The van der Waals surface area contributed by atoms with Gasteiger partial charge in [0, 0.05) is 38.3 Å². The molecule has 0 radical (unpaired) electrons. The predicted molar refractivity (Wildman–Crippen MR) is 137 cm³/mol. The topological polar surface area (TPSA) is 59.4 Å². The molecule has 0 amide bonds. The number of aromatic nitrogens is 1. The van der Waals surface area contributed by atoms with Crippen molar-refractivity contribution in [2.45, 2.75) is 44.6 Å². The van der Waals surface area contributed by atoms with E-state index in [4.69, 9.17) is 4.74 Å². The number of esters is 1. The zero-order valence-corrected chi connectivity index (χ0v) is 20.6. The Balaban J connectivity index is 1.58. The molecule has 0 bridgehead atoms. The molecule has 36 heavy (non-hydrogen) atoms. The van der Waals surface area contributed by atoms with Crippen LogP contribution < -0.4 is 0 Å². The molecule has 1 saturated heterocycles. The molecular weight excluding hydrogens is 500 g/mol. The van der Waals surface area contributed by atoms with Crippen molar-refractivity contribution in [2.24, 2.45) is 0 Å². The molecule has 2 atom stereocenters. The molecule has 1 fully saturated rings. The number of fused-ring (bicyclic) bond motifs is 1. The summed E-state index contributed by atoms with van der Waals surface area (Å²) in [7, 11) is 0. The second-order valence-electron chi connectivity index (χ2n) is 8.25. The number of ether oxygens (including phenoxy) is 1. The van der Waals surface area contributed by atoms with Crippen molar-refractivity contribution in [1.29, 1.82) is 0 Å². The van der Waals surface area contributed by atoms with Crippen LogP contribution in [0.1, 0.15) is 18.4 Å². The average Bonchev–Trinajstić information content (AvgIpc) is 2.87. The number of aliphatic hydroxyl groups excluding tert-OH is 1. The predicted octanol–water partition coefficient (Wildman–Crippen LogP) is 6.90. The van der Waals surface area contributed by atoms with Crippen LogP contribution in [0.25, 0.3) is 17.0 Å². The molecule has 2 heterocycles. The summed E-state index contributed by atoms with van der Waals surface area (Å²) >= 11 is 2.39. The van der Waals surface area contributed by atoms with E-state index in [1.54, 1.807) is 24.3 Å². The largest absolute Gasteiger partial charge is 0.458 e. The van der Waals surface area contributed by atoms with Gasteiger partial charge in [0.05, 0.1) is 17.4 Å². The standard InChI is InChI=1S/C28H21F2NO3S2/c29-23-15-22-26(25(30)28(23)36-21-9-5-2-6-10-21)31-16-17(27(22)35-20-7-3-1-4-8-20)11-12-19-13-18(32)14-24(33)34-19/h1-12,15-16,18-19,32H,13-14H2/b12-11+/t18-,19-/m1/s1. The first kappa shape index (κ1) is 24.5. The number of cyclic esters (lactones) is 1. The lowest BCUT2D eigenvalue weighted by Crippen LogP contribution is -2.31. The fourth-order valence-electron chi connectivity index (χ4n) is 3.92. The van der Waals surface area contributed by atoms with E-state index >= 15 is 8.78 Å². The number of rotatable bonds is 6. The lowest BCUT2D eigenvalue weighted by atomic mass is 10.0. The monoisotopic (exact) mass is 521 g/mol. The molecule has 4 nitrogen and oxygen atoms in total. The van der Waals surface area contributed by atoms with Crippen molar-refractivity contribution in [3.63, 3.8) is 0 Å². The fraction of sp³-hybridized carbons (Fsp3) is 0.143. The van der Waals surface area contributed by atoms with Crippen LogP contribution in [0, 0.1) is 11.6 Å². The van der Waals surface area contributed by atoms with Crippen LogP contribution in [0.2, 0.25) is 0 Å². The number of carbonyl (C=O) groups is 1. The number of carbonyl (C=O) groups excluding carboxylic acids is 1. The Morgan fingerprint density at radius 2 is 1.61 bits per heavy atom. The van der Waals surface area contributed by atoms with E-state index in [1.807, 2.05) is 48.5 Å². The summed E-state index contributed by atoms with van der Waals surface area (Å²) < 4.78 is 36.2. The minimum atomic E-state index is -0.766. The van der Waals surface area contributed by atoms with Gasteiger partial charge in [-0.15, -0.1) is 0 Å². The normalized spacial score (nSPS) is 18.0. The maximum absolute atomic E-state index is 15.6. The molecule has 1 aliphatic heterocycles. The maximum atomic E-state index is 15.6. The molecule has 182 valence electrons. The number of pyridine rings is 1. The van der Waals surface area contributed by atoms with Crippen molar-refractivity contribution in [2.75, 3.05) is 0 Å². The number of nitrogens with zero attached hydrogens (tertiary/aromatic N) is 1. The van der Waals surface area contributed by atoms with Gasteiger partial charge in [0.2, 0.25) is 0 Å². The first-order valence-electron chi connectivity index (χ1n) is 11.3. The number of benzene rings is 3. The molecule has 3 aromatic carbocycles. The van der Waals surface area contributed by atoms with Crippen molar-refractivity contribution in [1.82, 2.24) is 4.98 Å². The molecule has 0 saturated carbocycles. The Morgan fingerprint density at radius 1 is 0.972 bits per heavy atom. The highest BCUT2D eigenvalue weighted by atomic mass is 32.2. The van der Waals surface area contributed by atoms with Crippen LogP contribution in [-0.4, -0.2) is 28.3 Å². The summed E-state index contributed by atoms with van der Waals surface area (Å²) in [5, 5.41) is 10.2. The molecular formula is C28H21F2NO3S2. The number of halogens is 2. The van der Waals surface area contributed by atoms with Gasteiger partial charge in [-0.2, -0.15) is 0 Å². The van der Waals surface area contributed by atoms with E-state index in [-0.39, 0.29) is 23.3 Å². The van der Waals surface area contributed by atoms with Crippen LogP contribution in [0.4, 0.5) is 8.78 Å². The molecule has 0 spiro atoms. The minimum absolute atomic E-state index is 0.0289. The number of aliphatic hydroxyl groups is 1. The number of hydrogen-bond donors (Lipinski definition) is 1. The summed E-state index contributed by atoms with van der Waals surface area (Å²) in [5.41, 5.74) is 0.694. The summed E-state index contributed by atoms with van der Waals surface area (Å²) in [4.78, 5) is 18.2. The summed E-state index contributed by atoms with van der Waals surface area (Å²) in [6.07, 6.45) is 3.82. The maximum Gasteiger partial charge on any atom is 0.309 e. The molecule has 1 aromatic heterocycles. The summed E-state index contributed by atoms with van der Waals surface area (Å²) in [5.74, 6) is -1.85. The lowest BCUT2D eigenvalue weighted by Gasteiger charge is -2.23. The second kappa shape index (κ2) is 10.8. The molecule has 1 aliphatic rings. The third-order valence-electron chi connectivity index (χ3n) is 5.60. The van der Waals surface area contributed by atoms with Crippen LogP contribution in [-0.2, 0) is 9.53 Å². The summed E-state index contributed by atoms with van der Waals surface area (Å²) in [6, 6.07) is 19.9. The van der Waals surface area contributed by atoms with Crippen molar-refractivity contribution in [3.05, 3.63) is 96.2 Å². The van der Waals surface area contributed by atoms with Gasteiger partial charge in [0.15, 0.2) is 5.82 Å². The van der Waals surface area contributed by atoms with Crippen LogP contribution in [0.5, 0.6) is 0 Å². The van der Waals surface area contributed by atoms with Crippen LogP contribution in [0.3, 0.4) is 0 Å². The van der Waals surface area contributed by atoms with Gasteiger partial charge in [-0.1, -0.05) is 66.0 Å². The van der Waals surface area contributed by atoms with E-state index in [2.05, 4.69) is 4.98 Å². The molecule has 1 N–H and O–H groups in total. The van der Waals surface area contributed by atoms with Gasteiger partial charge >= 0.3 is 5.97 Å². The Hall–Kier alpha value is -3.20. The highest BCUT2D eigenvalue weighted by molar-refractivity contribution is 7.99. The highest BCUT2D eigenvalue weighted by Gasteiger charge is 2.26. The van der Waals surface area contributed by atoms with Crippen molar-refractivity contribution < 1.29 is 23.4 Å². The fourth-order valence-corrected chi connectivity index (χ4v) is 5.82. The first-order chi connectivity index (χ1) is 17.5. The smallest absolute Gasteiger partial charge is 0.309 e. The van der Waals surface area contributed by atoms with Gasteiger partial charge in [0.1, 0.15) is 17.4 Å². The Bertz CT molecular complexity index is 1430. The van der Waals surface area contributed by atoms with Gasteiger partial charge in [-0.25, -0.2) is 8.78 Å². The van der Waals surface area contributed by atoms with Gasteiger partial charge in [0.25, 0.3) is 0 Å². The van der Waals surface area contributed by atoms with Gasteiger partial charge < -0.3 is 9.84 Å². The van der Waals surface area contributed by atoms with E-state index in [0.717, 1.165) is 21.6 Å². The van der Waals surface area contributed by atoms with Crippen molar-refractivity contribution >= 4 is 46.5 Å². The van der Waals surface area contributed by atoms with Crippen LogP contribution in [0.15, 0.2) is 98.6 Å². The van der Waals surface area contributed by atoms with E-state index < -0.39 is 29.8 Å². The van der Waals surface area contributed by atoms with Gasteiger partial charge in [-0.05, 0) is 36.4 Å². The Labute approximate surface area is 215 Å². The minimum Gasteiger partial charge on any atom is -0.458 e. The highest BCUT2D eigenvalue weighted by Crippen LogP contribution is 2.41. The average molecular weight is 522 g/mol. The van der Waals surface area contributed by atoms with E-state index in [9.17, 15) is 9.90 Å². The zero-order chi connectivity index (χ0) is 25.1. The van der Waals surface area contributed by atoms with Gasteiger partial charge in [-0.3, -0.25) is 9.78 Å². The summed E-state index contributed by atoms with van der Waals surface area (Å²) in [6.45, 7) is 0.